The first-order valence-corrected chi connectivity index (χ1v) is 10.6. The number of aryl methyl sites for hydroxylation is 3. The number of hydrazine groups is 1. The Hall–Kier alpha value is -2.23. The number of hydrogen-bond donors (Lipinski definition) is 3. The van der Waals surface area contributed by atoms with Gasteiger partial charge in [0.25, 0.3) is 15.9 Å². The van der Waals surface area contributed by atoms with E-state index >= 15 is 0 Å². The van der Waals surface area contributed by atoms with Gasteiger partial charge in [-0.2, -0.15) is 0 Å². The minimum Gasteiger partial charge on any atom is -0.326 e. The molecule has 2 heterocycles. The van der Waals surface area contributed by atoms with Crippen molar-refractivity contribution in [3.63, 3.8) is 0 Å². The molecule has 9 heteroatoms. The molecule has 1 aromatic carbocycles. The zero-order valence-corrected chi connectivity index (χ0v) is 15.4. The van der Waals surface area contributed by atoms with Crippen LogP contribution >= 0.6 is 11.3 Å². The van der Waals surface area contributed by atoms with Crippen molar-refractivity contribution in [1.82, 2.24) is 10.3 Å². The standard InChI is InChI=1S/C17H17N3O4S2/c21-16-7-4-10-8-12(5-6-13(10)18-16)26(23,24)20-19-17(22)15-9-11-2-1-3-14(11)25-15/h5-6,8-9,20H,1-4,7H2,(H,18,21)(H,19,22). The van der Waals surface area contributed by atoms with Gasteiger partial charge in [0.15, 0.2) is 0 Å². The maximum absolute atomic E-state index is 12.4. The summed E-state index contributed by atoms with van der Waals surface area (Å²) in [6.07, 6.45) is 3.86. The van der Waals surface area contributed by atoms with Crippen LogP contribution in [0.3, 0.4) is 0 Å². The van der Waals surface area contributed by atoms with Crippen molar-refractivity contribution in [2.45, 2.75) is 37.0 Å². The Morgan fingerprint density at radius 1 is 1.08 bits per heavy atom. The van der Waals surface area contributed by atoms with Crippen molar-refractivity contribution in [3.05, 3.63) is 45.1 Å². The summed E-state index contributed by atoms with van der Waals surface area (Å²) in [5.41, 5.74) is 4.84. The summed E-state index contributed by atoms with van der Waals surface area (Å²) in [6, 6.07) is 6.31. The van der Waals surface area contributed by atoms with Gasteiger partial charge < -0.3 is 5.32 Å². The molecule has 2 amide bonds. The first-order chi connectivity index (χ1) is 12.4. The number of carbonyl (C=O) groups excluding carboxylic acids is 2. The molecule has 1 aliphatic heterocycles. The van der Waals surface area contributed by atoms with E-state index in [1.54, 1.807) is 6.07 Å². The summed E-state index contributed by atoms with van der Waals surface area (Å²) in [5.74, 6) is -0.542. The lowest BCUT2D eigenvalue weighted by Crippen LogP contribution is -2.41. The molecule has 26 heavy (non-hydrogen) atoms. The second-order valence-electron chi connectivity index (χ2n) is 6.34. The monoisotopic (exact) mass is 391 g/mol. The highest BCUT2D eigenvalue weighted by Gasteiger charge is 2.22. The molecule has 0 saturated carbocycles. The van der Waals surface area contributed by atoms with E-state index in [2.05, 4.69) is 15.6 Å². The number of carbonyl (C=O) groups is 2. The van der Waals surface area contributed by atoms with Crippen LogP contribution in [0.2, 0.25) is 0 Å². The SMILES string of the molecule is O=C1CCc2cc(S(=O)(=O)NNC(=O)c3cc4c(s3)CCC4)ccc2N1. The molecule has 3 N–H and O–H groups in total. The van der Waals surface area contributed by atoms with E-state index in [1.165, 1.54) is 33.9 Å². The Labute approximate surface area is 154 Å². The molecule has 0 spiro atoms. The average molecular weight is 391 g/mol. The molecule has 2 aromatic rings. The van der Waals surface area contributed by atoms with Gasteiger partial charge in [-0.25, -0.2) is 8.42 Å². The van der Waals surface area contributed by atoms with E-state index in [0.29, 0.717) is 23.4 Å². The number of anilines is 1. The molecule has 0 bridgehead atoms. The summed E-state index contributed by atoms with van der Waals surface area (Å²) < 4.78 is 24.9. The minimum atomic E-state index is -3.90. The lowest BCUT2D eigenvalue weighted by atomic mass is 10.0. The number of amides is 2. The van der Waals surface area contributed by atoms with Crippen molar-refractivity contribution in [2.75, 3.05) is 5.32 Å². The quantitative estimate of drug-likeness (QED) is 0.691. The smallest absolute Gasteiger partial charge is 0.276 e. The molecular weight excluding hydrogens is 374 g/mol. The van der Waals surface area contributed by atoms with Gasteiger partial charge in [0.2, 0.25) is 5.91 Å². The van der Waals surface area contributed by atoms with Crippen LogP contribution in [0.1, 0.15) is 38.5 Å². The summed E-state index contributed by atoms with van der Waals surface area (Å²) in [7, 11) is -3.90. The van der Waals surface area contributed by atoms with Gasteiger partial charge in [-0.15, -0.1) is 16.2 Å². The molecule has 0 radical (unpaired) electrons. The Morgan fingerprint density at radius 3 is 2.73 bits per heavy atom. The molecule has 0 saturated heterocycles. The molecule has 4 rings (SSSR count). The van der Waals surface area contributed by atoms with Gasteiger partial charge in [-0.05, 0) is 61.1 Å². The van der Waals surface area contributed by atoms with Crippen LogP contribution in [-0.4, -0.2) is 20.2 Å². The maximum Gasteiger partial charge on any atom is 0.276 e. The van der Waals surface area contributed by atoms with Crippen molar-refractivity contribution in [1.29, 1.82) is 0 Å². The van der Waals surface area contributed by atoms with Gasteiger partial charge in [0.1, 0.15) is 0 Å². The molecule has 136 valence electrons. The predicted molar refractivity (Wildman–Crippen MR) is 97.5 cm³/mol. The molecule has 0 unspecified atom stereocenters. The Bertz CT molecular complexity index is 990. The van der Waals surface area contributed by atoms with Gasteiger partial charge in [0, 0.05) is 17.0 Å². The van der Waals surface area contributed by atoms with Crippen molar-refractivity contribution >= 4 is 38.9 Å². The zero-order chi connectivity index (χ0) is 18.3. The Kier molecular flexibility index (Phi) is 4.29. The average Bonchev–Trinajstić information content (AvgIpc) is 3.21. The highest BCUT2D eigenvalue weighted by Crippen LogP contribution is 2.30. The topological polar surface area (TPSA) is 104 Å². The van der Waals surface area contributed by atoms with E-state index in [1.807, 2.05) is 6.07 Å². The minimum absolute atomic E-state index is 0.0429. The zero-order valence-electron chi connectivity index (χ0n) is 13.8. The molecular formula is C17H17N3O4S2. The number of sulfonamides is 1. The summed E-state index contributed by atoms with van der Waals surface area (Å²) >= 11 is 1.41. The summed E-state index contributed by atoms with van der Waals surface area (Å²) in [4.78, 5) is 27.5. The number of thiophene rings is 1. The van der Waals surface area contributed by atoms with Crippen LogP contribution in [0.4, 0.5) is 5.69 Å². The fraction of sp³-hybridized carbons (Fsp3) is 0.294. The Morgan fingerprint density at radius 2 is 1.92 bits per heavy atom. The normalized spacial score (nSPS) is 15.9. The summed E-state index contributed by atoms with van der Waals surface area (Å²) in [6.45, 7) is 0. The van der Waals surface area contributed by atoms with Crippen LogP contribution in [0.25, 0.3) is 0 Å². The van der Waals surface area contributed by atoms with Crippen LogP contribution in [0.15, 0.2) is 29.2 Å². The van der Waals surface area contributed by atoms with Gasteiger partial charge in [-0.1, -0.05) is 0 Å². The molecule has 7 nitrogen and oxygen atoms in total. The van der Waals surface area contributed by atoms with Crippen molar-refractivity contribution < 1.29 is 18.0 Å². The van der Waals surface area contributed by atoms with Crippen LogP contribution in [0, 0.1) is 0 Å². The van der Waals surface area contributed by atoms with Gasteiger partial charge in [0.05, 0.1) is 9.77 Å². The second kappa shape index (κ2) is 6.49. The van der Waals surface area contributed by atoms with Crippen molar-refractivity contribution in [3.8, 4) is 0 Å². The second-order valence-corrected chi connectivity index (χ2v) is 9.16. The molecule has 0 fully saturated rings. The van der Waals surface area contributed by atoms with Crippen LogP contribution in [-0.2, 0) is 34.1 Å². The third-order valence-corrected chi connectivity index (χ3v) is 7.03. The van der Waals surface area contributed by atoms with Gasteiger partial charge >= 0.3 is 0 Å². The summed E-state index contributed by atoms with van der Waals surface area (Å²) in [5, 5.41) is 2.71. The lowest BCUT2D eigenvalue weighted by molar-refractivity contribution is -0.116. The molecule has 1 aliphatic carbocycles. The first-order valence-electron chi connectivity index (χ1n) is 8.29. The molecule has 1 aromatic heterocycles. The van der Waals surface area contributed by atoms with Crippen molar-refractivity contribution in [2.24, 2.45) is 0 Å². The number of benzene rings is 1. The number of rotatable bonds is 4. The number of hydrogen-bond acceptors (Lipinski definition) is 5. The number of fused-ring (bicyclic) bond motifs is 2. The first kappa shape index (κ1) is 17.2. The van der Waals surface area contributed by atoms with Crippen LogP contribution in [0.5, 0.6) is 0 Å². The fourth-order valence-corrected chi connectivity index (χ4v) is 5.24. The number of nitrogens with one attached hydrogen (secondary N) is 3. The third kappa shape index (κ3) is 3.25. The third-order valence-electron chi connectivity index (χ3n) is 4.55. The maximum atomic E-state index is 12.4. The highest BCUT2D eigenvalue weighted by molar-refractivity contribution is 7.89. The van der Waals surface area contributed by atoms with Crippen LogP contribution < -0.4 is 15.6 Å². The largest absolute Gasteiger partial charge is 0.326 e. The molecule has 0 atom stereocenters. The van der Waals surface area contributed by atoms with E-state index in [0.717, 1.165) is 24.8 Å². The predicted octanol–water partition coefficient (Wildman–Crippen LogP) is 1.74. The van der Waals surface area contributed by atoms with E-state index < -0.39 is 15.9 Å². The fourth-order valence-electron chi connectivity index (χ4n) is 3.20. The van der Waals surface area contributed by atoms with E-state index in [-0.39, 0.29) is 10.8 Å². The van der Waals surface area contributed by atoms with Gasteiger partial charge in [-0.3, -0.25) is 15.0 Å². The highest BCUT2D eigenvalue weighted by atomic mass is 32.2. The van der Waals surface area contributed by atoms with E-state index in [4.69, 9.17) is 0 Å². The molecule has 2 aliphatic rings. The Balaban J connectivity index is 1.47. The lowest BCUT2D eigenvalue weighted by Gasteiger charge is -2.17. The van der Waals surface area contributed by atoms with E-state index in [9.17, 15) is 18.0 Å².